The number of carbonyl (C=O) groups is 1. The van der Waals surface area contributed by atoms with Crippen molar-refractivity contribution in [2.45, 2.75) is 39.2 Å². The van der Waals surface area contributed by atoms with Gasteiger partial charge in [-0.25, -0.2) is 12.7 Å². The van der Waals surface area contributed by atoms with E-state index in [-0.39, 0.29) is 23.6 Å². The highest BCUT2D eigenvalue weighted by molar-refractivity contribution is 7.89. The highest BCUT2D eigenvalue weighted by Crippen LogP contribution is 2.24. The molecule has 140 valence electrons. The van der Waals surface area contributed by atoms with E-state index in [1.807, 2.05) is 31.2 Å². The van der Waals surface area contributed by atoms with Gasteiger partial charge in [0.25, 0.3) is 0 Å². The summed E-state index contributed by atoms with van der Waals surface area (Å²) in [6.07, 6.45) is 1.94. The van der Waals surface area contributed by atoms with Gasteiger partial charge < -0.3 is 10.1 Å². The average molecular weight is 368 g/mol. The number of ether oxygens (including phenoxy) is 1. The van der Waals surface area contributed by atoms with Gasteiger partial charge in [-0.3, -0.25) is 4.79 Å². The second-order valence-electron chi connectivity index (χ2n) is 6.32. The Bertz CT molecular complexity index is 665. The molecule has 0 aliphatic carbocycles. The van der Waals surface area contributed by atoms with Crippen LogP contribution < -0.4 is 10.1 Å². The van der Waals surface area contributed by atoms with Crippen molar-refractivity contribution in [1.82, 2.24) is 9.62 Å². The first kappa shape index (κ1) is 19.7. The van der Waals surface area contributed by atoms with Crippen molar-refractivity contribution in [2.24, 2.45) is 5.92 Å². The fourth-order valence-electron chi connectivity index (χ4n) is 3.13. The number of hydrogen-bond donors (Lipinski definition) is 1. The van der Waals surface area contributed by atoms with Gasteiger partial charge in [0.1, 0.15) is 5.75 Å². The van der Waals surface area contributed by atoms with Gasteiger partial charge in [-0.15, -0.1) is 0 Å². The topological polar surface area (TPSA) is 75.7 Å². The summed E-state index contributed by atoms with van der Waals surface area (Å²) in [6.45, 7) is 4.53. The summed E-state index contributed by atoms with van der Waals surface area (Å²) < 4.78 is 30.5. The third-order valence-electron chi connectivity index (χ3n) is 4.83. The minimum atomic E-state index is -3.16. The number of nitrogens with zero attached hydrogens (tertiary/aromatic N) is 1. The number of piperidine rings is 1. The lowest BCUT2D eigenvalue weighted by atomic mass is 9.95. The summed E-state index contributed by atoms with van der Waals surface area (Å²) in [5.41, 5.74) is 1.04. The smallest absolute Gasteiger partial charge is 0.223 e. The van der Waals surface area contributed by atoms with E-state index in [0.29, 0.717) is 25.9 Å². The Morgan fingerprint density at radius 3 is 2.32 bits per heavy atom. The third-order valence-corrected chi connectivity index (χ3v) is 6.71. The molecule has 25 heavy (non-hydrogen) atoms. The van der Waals surface area contributed by atoms with Gasteiger partial charge in [0, 0.05) is 19.0 Å². The van der Waals surface area contributed by atoms with Crippen molar-refractivity contribution >= 4 is 15.9 Å². The van der Waals surface area contributed by atoms with Gasteiger partial charge >= 0.3 is 0 Å². The maximum atomic E-state index is 12.6. The number of rotatable bonds is 7. The molecule has 0 saturated carbocycles. The molecular weight excluding hydrogens is 340 g/mol. The molecule has 1 aromatic carbocycles. The van der Waals surface area contributed by atoms with Crippen LogP contribution in [0, 0.1) is 5.92 Å². The molecule has 2 rings (SSSR count). The number of methoxy groups -OCH3 is 1. The molecular formula is C18H28N2O4S. The molecule has 0 bridgehead atoms. The molecule has 1 saturated heterocycles. The van der Waals surface area contributed by atoms with E-state index in [0.717, 1.165) is 17.7 Å². The zero-order chi connectivity index (χ0) is 18.4. The van der Waals surface area contributed by atoms with E-state index in [4.69, 9.17) is 4.74 Å². The Kier molecular flexibility index (Phi) is 6.84. The van der Waals surface area contributed by atoms with Crippen LogP contribution in [0.5, 0.6) is 5.75 Å². The zero-order valence-corrected chi connectivity index (χ0v) is 16.0. The summed E-state index contributed by atoms with van der Waals surface area (Å²) in [4.78, 5) is 12.6. The molecule has 1 aromatic rings. The van der Waals surface area contributed by atoms with Gasteiger partial charge in [-0.1, -0.05) is 19.1 Å². The first-order valence-electron chi connectivity index (χ1n) is 8.83. The monoisotopic (exact) mass is 368 g/mol. The second-order valence-corrected chi connectivity index (χ2v) is 8.57. The number of hydrogen-bond acceptors (Lipinski definition) is 4. The van der Waals surface area contributed by atoms with Crippen LogP contribution >= 0.6 is 0 Å². The lowest BCUT2D eigenvalue weighted by molar-refractivity contribution is -0.126. The minimum Gasteiger partial charge on any atom is -0.497 e. The molecule has 1 aliphatic rings. The predicted molar refractivity (Wildman–Crippen MR) is 97.9 cm³/mol. The van der Waals surface area contributed by atoms with Crippen LogP contribution in [0.1, 0.15) is 44.7 Å². The van der Waals surface area contributed by atoms with Crippen LogP contribution in [0.4, 0.5) is 0 Å². The van der Waals surface area contributed by atoms with Crippen molar-refractivity contribution in [2.75, 3.05) is 26.0 Å². The predicted octanol–water partition coefficient (Wildman–Crippen LogP) is 2.32. The third kappa shape index (κ3) is 4.95. The fraction of sp³-hybridized carbons (Fsp3) is 0.611. The van der Waals surface area contributed by atoms with Crippen LogP contribution in [-0.4, -0.2) is 44.6 Å². The highest BCUT2D eigenvalue weighted by Gasteiger charge is 2.30. The standard InChI is InChI=1S/C18H28N2O4S/c1-4-17(14-6-8-16(24-3)9-7-14)19-18(21)15-10-12-20(13-11-15)25(22,23)5-2/h6-9,15,17H,4-5,10-13H2,1-3H3,(H,19,21)/t17-/m1/s1. The molecule has 0 radical (unpaired) electrons. The highest BCUT2D eigenvalue weighted by atomic mass is 32.2. The number of nitrogens with one attached hydrogen (secondary N) is 1. The average Bonchev–Trinajstić information content (AvgIpc) is 2.66. The minimum absolute atomic E-state index is 0.0104. The lowest BCUT2D eigenvalue weighted by Gasteiger charge is -2.31. The summed E-state index contributed by atoms with van der Waals surface area (Å²) in [7, 11) is -1.53. The number of carbonyl (C=O) groups excluding carboxylic acids is 1. The van der Waals surface area contributed by atoms with Crippen molar-refractivity contribution in [3.63, 3.8) is 0 Å². The first-order chi connectivity index (χ1) is 11.9. The molecule has 1 atom stereocenters. The molecule has 7 heteroatoms. The molecule has 0 spiro atoms. The van der Waals surface area contributed by atoms with Crippen LogP contribution in [0.15, 0.2) is 24.3 Å². The Morgan fingerprint density at radius 1 is 1.24 bits per heavy atom. The first-order valence-corrected chi connectivity index (χ1v) is 10.4. The largest absolute Gasteiger partial charge is 0.497 e. The van der Waals surface area contributed by atoms with Crippen molar-refractivity contribution in [3.05, 3.63) is 29.8 Å². The Morgan fingerprint density at radius 2 is 1.84 bits per heavy atom. The van der Waals surface area contributed by atoms with E-state index in [2.05, 4.69) is 5.32 Å². The van der Waals surface area contributed by atoms with Crippen molar-refractivity contribution in [1.29, 1.82) is 0 Å². The quantitative estimate of drug-likeness (QED) is 0.801. The van der Waals surface area contributed by atoms with E-state index in [9.17, 15) is 13.2 Å². The summed E-state index contributed by atoms with van der Waals surface area (Å²) in [6, 6.07) is 7.65. The summed E-state index contributed by atoms with van der Waals surface area (Å²) in [5, 5.41) is 3.11. The van der Waals surface area contributed by atoms with Gasteiger partial charge in [-0.2, -0.15) is 0 Å². The normalized spacial score (nSPS) is 17.9. The maximum absolute atomic E-state index is 12.6. The van der Waals surface area contributed by atoms with Crippen molar-refractivity contribution in [3.8, 4) is 5.75 Å². The molecule has 0 unspecified atom stereocenters. The molecule has 1 N–H and O–H groups in total. The summed E-state index contributed by atoms with van der Waals surface area (Å²) in [5.74, 6) is 0.778. The zero-order valence-electron chi connectivity index (χ0n) is 15.2. The molecule has 0 aromatic heterocycles. The van der Waals surface area contributed by atoms with Gasteiger partial charge in [0.2, 0.25) is 15.9 Å². The van der Waals surface area contributed by atoms with E-state index in [1.165, 1.54) is 4.31 Å². The van der Waals surface area contributed by atoms with E-state index in [1.54, 1.807) is 14.0 Å². The SMILES string of the molecule is CC[C@@H](NC(=O)C1CCN(S(=O)(=O)CC)CC1)c1ccc(OC)cc1. The molecule has 1 amide bonds. The Labute approximate surface area is 150 Å². The maximum Gasteiger partial charge on any atom is 0.223 e. The van der Waals surface area contributed by atoms with Crippen LogP contribution in [0.2, 0.25) is 0 Å². The lowest BCUT2D eigenvalue weighted by Crippen LogP contribution is -2.44. The van der Waals surface area contributed by atoms with Crippen molar-refractivity contribution < 1.29 is 17.9 Å². The van der Waals surface area contributed by atoms with E-state index >= 15 is 0 Å². The number of benzene rings is 1. The number of amides is 1. The molecule has 1 aliphatic heterocycles. The summed E-state index contributed by atoms with van der Waals surface area (Å²) >= 11 is 0. The number of sulfonamides is 1. The van der Waals surface area contributed by atoms with Crippen LogP contribution in [0.3, 0.4) is 0 Å². The van der Waals surface area contributed by atoms with Gasteiger partial charge in [-0.05, 0) is 43.9 Å². The van der Waals surface area contributed by atoms with Crippen LogP contribution in [0.25, 0.3) is 0 Å². The second kappa shape index (κ2) is 8.67. The molecule has 1 heterocycles. The Balaban J connectivity index is 1.94. The molecule has 6 nitrogen and oxygen atoms in total. The van der Waals surface area contributed by atoms with Crippen LogP contribution in [-0.2, 0) is 14.8 Å². The van der Waals surface area contributed by atoms with Gasteiger partial charge in [0.05, 0.1) is 18.9 Å². The molecule has 1 fully saturated rings. The fourth-order valence-corrected chi connectivity index (χ4v) is 4.26. The Hall–Kier alpha value is -1.60. The van der Waals surface area contributed by atoms with Gasteiger partial charge in [0.15, 0.2) is 0 Å². The van der Waals surface area contributed by atoms with E-state index < -0.39 is 10.0 Å².